The SMILES string of the molecule is O=C(NC1CCC(C(=O)O)CC1)c1ccc(Cl)nc1Cl. The van der Waals surface area contributed by atoms with Crippen molar-refractivity contribution in [1.82, 2.24) is 10.3 Å². The standard InChI is InChI=1S/C13H14Cl2N2O3/c14-10-6-5-9(11(15)17-10)12(18)16-8-3-1-7(2-4-8)13(19)20/h5-8H,1-4H2,(H,16,18)(H,19,20). The number of carbonyl (C=O) groups excluding carboxylic acids is 1. The maximum Gasteiger partial charge on any atom is 0.306 e. The van der Waals surface area contributed by atoms with Gasteiger partial charge in [0.15, 0.2) is 0 Å². The zero-order valence-electron chi connectivity index (χ0n) is 10.6. The van der Waals surface area contributed by atoms with Gasteiger partial charge in [0.1, 0.15) is 10.3 Å². The summed E-state index contributed by atoms with van der Waals surface area (Å²) in [6.45, 7) is 0. The van der Waals surface area contributed by atoms with Gasteiger partial charge in [0.05, 0.1) is 11.5 Å². The van der Waals surface area contributed by atoms with E-state index in [1.54, 1.807) is 0 Å². The van der Waals surface area contributed by atoms with E-state index >= 15 is 0 Å². The molecule has 0 saturated heterocycles. The van der Waals surface area contributed by atoms with Crippen molar-refractivity contribution in [1.29, 1.82) is 0 Å². The van der Waals surface area contributed by atoms with E-state index in [9.17, 15) is 9.59 Å². The summed E-state index contributed by atoms with van der Waals surface area (Å²) < 4.78 is 0. The molecule has 1 aromatic rings. The highest BCUT2D eigenvalue weighted by atomic mass is 35.5. The molecule has 1 aromatic heterocycles. The van der Waals surface area contributed by atoms with Gasteiger partial charge in [-0.05, 0) is 37.8 Å². The molecular weight excluding hydrogens is 303 g/mol. The molecule has 1 saturated carbocycles. The Hall–Kier alpha value is -1.33. The van der Waals surface area contributed by atoms with Gasteiger partial charge in [0, 0.05) is 6.04 Å². The van der Waals surface area contributed by atoms with Crippen LogP contribution in [0.25, 0.3) is 0 Å². The van der Waals surface area contributed by atoms with E-state index in [1.807, 2.05) is 0 Å². The molecule has 0 bridgehead atoms. The summed E-state index contributed by atoms with van der Waals surface area (Å²) in [7, 11) is 0. The Kier molecular flexibility index (Phi) is 4.83. The highest BCUT2D eigenvalue weighted by Crippen LogP contribution is 2.25. The van der Waals surface area contributed by atoms with E-state index in [0.717, 1.165) is 0 Å². The Morgan fingerprint density at radius 3 is 2.40 bits per heavy atom. The fourth-order valence-corrected chi connectivity index (χ4v) is 2.76. The van der Waals surface area contributed by atoms with Gasteiger partial charge in [-0.1, -0.05) is 23.2 Å². The summed E-state index contributed by atoms with van der Waals surface area (Å²) in [5.41, 5.74) is 0.274. The molecule has 2 rings (SSSR count). The number of nitrogens with one attached hydrogen (secondary N) is 1. The minimum atomic E-state index is -0.764. The molecular formula is C13H14Cl2N2O3. The molecule has 1 aliphatic carbocycles. The second-order valence-electron chi connectivity index (χ2n) is 4.83. The number of carbonyl (C=O) groups is 2. The quantitative estimate of drug-likeness (QED) is 0.840. The second kappa shape index (κ2) is 6.41. The third kappa shape index (κ3) is 3.61. The van der Waals surface area contributed by atoms with Crippen molar-refractivity contribution in [2.75, 3.05) is 0 Å². The smallest absolute Gasteiger partial charge is 0.306 e. The molecule has 0 atom stereocenters. The third-order valence-corrected chi connectivity index (χ3v) is 3.97. The van der Waals surface area contributed by atoms with E-state index in [2.05, 4.69) is 10.3 Å². The molecule has 1 fully saturated rings. The maximum atomic E-state index is 12.1. The van der Waals surface area contributed by atoms with E-state index in [-0.39, 0.29) is 33.7 Å². The van der Waals surface area contributed by atoms with Crippen LogP contribution in [0.2, 0.25) is 10.3 Å². The van der Waals surface area contributed by atoms with Gasteiger partial charge in [0.25, 0.3) is 5.91 Å². The van der Waals surface area contributed by atoms with Gasteiger partial charge in [-0.2, -0.15) is 0 Å². The van der Waals surface area contributed by atoms with E-state index < -0.39 is 5.97 Å². The van der Waals surface area contributed by atoms with Crippen LogP contribution in [-0.4, -0.2) is 28.0 Å². The normalized spacial score (nSPS) is 22.3. The summed E-state index contributed by atoms with van der Waals surface area (Å²) in [5, 5.41) is 12.1. The van der Waals surface area contributed by atoms with Crippen molar-refractivity contribution in [2.24, 2.45) is 5.92 Å². The zero-order chi connectivity index (χ0) is 14.7. The summed E-state index contributed by atoms with van der Waals surface area (Å²) in [6, 6.07) is 3.00. The first-order valence-electron chi connectivity index (χ1n) is 6.33. The fraction of sp³-hybridized carbons (Fsp3) is 0.462. The topological polar surface area (TPSA) is 79.3 Å². The number of aliphatic carboxylic acids is 1. The fourth-order valence-electron chi connectivity index (χ4n) is 2.33. The highest BCUT2D eigenvalue weighted by molar-refractivity contribution is 6.34. The molecule has 0 unspecified atom stereocenters. The van der Waals surface area contributed by atoms with Crippen molar-refractivity contribution >= 4 is 35.1 Å². The number of pyridine rings is 1. The van der Waals surface area contributed by atoms with Crippen LogP contribution >= 0.6 is 23.2 Å². The number of rotatable bonds is 3. The Morgan fingerprint density at radius 2 is 1.85 bits per heavy atom. The molecule has 108 valence electrons. The van der Waals surface area contributed by atoms with Crippen molar-refractivity contribution in [2.45, 2.75) is 31.7 Å². The van der Waals surface area contributed by atoms with Crippen molar-refractivity contribution in [3.8, 4) is 0 Å². The first-order valence-corrected chi connectivity index (χ1v) is 7.08. The van der Waals surface area contributed by atoms with Crippen molar-refractivity contribution in [3.05, 3.63) is 28.0 Å². The van der Waals surface area contributed by atoms with E-state index in [1.165, 1.54) is 12.1 Å². The Morgan fingerprint density at radius 1 is 1.20 bits per heavy atom. The average Bonchev–Trinajstić information content (AvgIpc) is 2.39. The molecule has 0 spiro atoms. The second-order valence-corrected chi connectivity index (χ2v) is 5.58. The molecule has 0 aromatic carbocycles. The third-order valence-electron chi connectivity index (χ3n) is 3.47. The lowest BCUT2D eigenvalue weighted by Gasteiger charge is -2.26. The predicted octanol–water partition coefficient (Wildman–Crippen LogP) is 2.76. The highest BCUT2D eigenvalue weighted by Gasteiger charge is 2.27. The number of amides is 1. The van der Waals surface area contributed by atoms with Gasteiger partial charge in [-0.25, -0.2) is 4.98 Å². The molecule has 1 heterocycles. The summed E-state index contributed by atoms with van der Waals surface area (Å²) >= 11 is 11.5. The van der Waals surface area contributed by atoms with Crippen LogP contribution in [0.15, 0.2) is 12.1 Å². The minimum absolute atomic E-state index is 0.0233. The predicted molar refractivity (Wildman–Crippen MR) is 75.1 cm³/mol. The van der Waals surface area contributed by atoms with Crippen LogP contribution in [0, 0.1) is 5.92 Å². The van der Waals surface area contributed by atoms with Gasteiger partial charge in [-0.15, -0.1) is 0 Å². The monoisotopic (exact) mass is 316 g/mol. The lowest BCUT2D eigenvalue weighted by molar-refractivity contribution is -0.142. The molecule has 5 nitrogen and oxygen atoms in total. The summed E-state index contributed by atoms with van der Waals surface area (Å²) in [5.74, 6) is -1.37. The van der Waals surface area contributed by atoms with E-state index in [0.29, 0.717) is 25.7 Å². The number of hydrogen-bond donors (Lipinski definition) is 2. The Bertz CT molecular complexity index is 528. The molecule has 7 heteroatoms. The number of carboxylic acids is 1. The van der Waals surface area contributed by atoms with Crippen molar-refractivity contribution < 1.29 is 14.7 Å². The average molecular weight is 317 g/mol. The van der Waals surface area contributed by atoms with Gasteiger partial charge < -0.3 is 10.4 Å². The van der Waals surface area contributed by atoms with Crippen LogP contribution < -0.4 is 5.32 Å². The zero-order valence-corrected chi connectivity index (χ0v) is 12.1. The number of aromatic nitrogens is 1. The van der Waals surface area contributed by atoms with Crippen molar-refractivity contribution in [3.63, 3.8) is 0 Å². The van der Waals surface area contributed by atoms with Crippen LogP contribution in [0.1, 0.15) is 36.0 Å². The van der Waals surface area contributed by atoms with E-state index in [4.69, 9.17) is 28.3 Å². The summed E-state index contributed by atoms with van der Waals surface area (Å²) in [4.78, 5) is 26.7. The molecule has 20 heavy (non-hydrogen) atoms. The first-order chi connectivity index (χ1) is 9.47. The number of carboxylic acid groups (broad SMARTS) is 1. The molecule has 2 N–H and O–H groups in total. The molecule has 0 radical (unpaired) electrons. The van der Waals surface area contributed by atoms with Crippen LogP contribution in [0.3, 0.4) is 0 Å². The van der Waals surface area contributed by atoms with Crippen LogP contribution in [-0.2, 0) is 4.79 Å². The van der Waals surface area contributed by atoms with Gasteiger partial charge >= 0.3 is 5.97 Å². The van der Waals surface area contributed by atoms with Gasteiger partial charge in [-0.3, -0.25) is 9.59 Å². The number of nitrogens with zero attached hydrogens (tertiary/aromatic N) is 1. The first kappa shape index (κ1) is 15.1. The number of halogens is 2. The lowest BCUT2D eigenvalue weighted by atomic mass is 9.86. The lowest BCUT2D eigenvalue weighted by Crippen LogP contribution is -2.38. The summed E-state index contributed by atoms with van der Waals surface area (Å²) in [6.07, 6.45) is 2.46. The van der Waals surface area contributed by atoms with Crippen LogP contribution in [0.4, 0.5) is 0 Å². The Balaban J connectivity index is 1.94. The molecule has 1 aliphatic rings. The largest absolute Gasteiger partial charge is 0.481 e. The molecule has 1 amide bonds. The van der Waals surface area contributed by atoms with Gasteiger partial charge in [0.2, 0.25) is 0 Å². The maximum absolute atomic E-state index is 12.1. The number of hydrogen-bond acceptors (Lipinski definition) is 3. The Labute approximate surface area is 126 Å². The molecule has 0 aliphatic heterocycles. The van der Waals surface area contributed by atoms with Crippen LogP contribution in [0.5, 0.6) is 0 Å². The minimum Gasteiger partial charge on any atom is -0.481 e.